The van der Waals surface area contributed by atoms with Gasteiger partial charge in [0.05, 0.1) is 5.02 Å². The van der Waals surface area contributed by atoms with Gasteiger partial charge < -0.3 is 9.64 Å². The number of benzene rings is 1. The van der Waals surface area contributed by atoms with Gasteiger partial charge in [-0.3, -0.25) is 4.79 Å². The van der Waals surface area contributed by atoms with Crippen molar-refractivity contribution in [3.05, 3.63) is 50.9 Å². The van der Waals surface area contributed by atoms with Crippen molar-refractivity contribution in [2.24, 2.45) is 0 Å². The molecule has 0 saturated heterocycles. The van der Waals surface area contributed by atoms with Gasteiger partial charge in [0.25, 0.3) is 5.91 Å². The molecule has 110 valence electrons. The molecule has 6 heteroatoms. The van der Waals surface area contributed by atoms with E-state index >= 15 is 0 Å². The summed E-state index contributed by atoms with van der Waals surface area (Å²) in [7, 11) is 0. The monoisotopic (exact) mass is 325 g/mol. The lowest BCUT2D eigenvalue weighted by atomic mass is 10.1. The second kappa shape index (κ2) is 6.03. The standard InChI is InChI=1S/C15H13ClFNO2S/c16-12-7-11(17)1-2-13(12)20-9-15(19)18-5-3-14-10(8-18)4-6-21-14/h1-2,4,6-7H,3,5,8-9H2. The third kappa shape index (κ3) is 3.19. The van der Waals surface area contributed by atoms with Gasteiger partial charge in [0.2, 0.25) is 0 Å². The average molecular weight is 326 g/mol. The number of ether oxygens (including phenoxy) is 1. The van der Waals surface area contributed by atoms with Gasteiger partial charge in [0.1, 0.15) is 11.6 Å². The maximum absolute atomic E-state index is 12.9. The molecule has 1 amide bonds. The Morgan fingerprint density at radius 1 is 1.43 bits per heavy atom. The van der Waals surface area contributed by atoms with E-state index < -0.39 is 5.82 Å². The summed E-state index contributed by atoms with van der Waals surface area (Å²) >= 11 is 7.59. The zero-order valence-corrected chi connectivity index (χ0v) is 12.7. The summed E-state index contributed by atoms with van der Waals surface area (Å²) in [6.45, 7) is 1.23. The van der Waals surface area contributed by atoms with Gasteiger partial charge in [-0.25, -0.2) is 4.39 Å². The van der Waals surface area contributed by atoms with E-state index in [4.69, 9.17) is 16.3 Å². The second-order valence-electron chi connectivity index (χ2n) is 4.80. The van der Waals surface area contributed by atoms with Crippen LogP contribution in [0.15, 0.2) is 29.6 Å². The highest BCUT2D eigenvalue weighted by atomic mass is 35.5. The number of hydrogen-bond donors (Lipinski definition) is 0. The van der Waals surface area contributed by atoms with Crippen molar-refractivity contribution >= 4 is 28.8 Å². The van der Waals surface area contributed by atoms with Crippen molar-refractivity contribution in [1.82, 2.24) is 4.90 Å². The average Bonchev–Trinajstić information content (AvgIpc) is 2.93. The van der Waals surface area contributed by atoms with Gasteiger partial charge in [-0.1, -0.05) is 11.6 Å². The minimum absolute atomic E-state index is 0.0905. The molecule has 2 heterocycles. The number of amides is 1. The number of rotatable bonds is 3. The van der Waals surface area contributed by atoms with Crippen LogP contribution in [0.25, 0.3) is 0 Å². The predicted molar refractivity (Wildman–Crippen MR) is 80.3 cm³/mol. The number of hydrogen-bond acceptors (Lipinski definition) is 3. The normalized spacial score (nSPS) is 13.9. The van der Waals surface area contributed by atoms with Crippen LogP contribution in [0.5, 0.6) is 5.75 Å². The quantitative estimate of drug-likeness (QED) is 0.864. The Bertz CT molecular complexity index is 673. The largest absolute Gasteiger partial charge is 0.482 e. The van der Waals surface area contributed by atoms with Gasteiger partial charge in [-0.05, 0) is 41.6 Å². The van der Waals surface area contributed by atoms with E-state index in [1.54, 1.807) is 16.2 Å². The van der Waals surface area contributed by atoms with E-state index in [0.717, 1.165) is 6.42 Å². The number of fused-ring (bicyclic) bond motifs is 1. The topological polar surface area (TPSA) is 29.5 Å². The van der Waals surface area contributed by atoms with E-state index in [0.29, 0.717) is 18.8 Å². The molecule has 0 radical (unpaired) electrons. The van der Waals surface area contributed by atoms with E-state index in [2.05, 4.69) is 6.07 Å². The molecule has 0 aliphatic carbocycles. The van der Waals surface area contributed by atoms with Crippen LogP contribution < -0.4 is 4.74 Å². The van der Waals surface area contributed by atoms with Crippen LogP contribution >= 0.6 is 22.9 Å². The van der Waals surface area contributed by atoms with E-state index in [1.165, 1.54) is 28.6 Å². The van der Waals surface area contributed by atoms with Gasteiger partial charge in [-0.15, -0.1) is 11.3 Å². The fraction of sp³-hybridized carbons (Fsp3) is 0.267. The molecule has 3 rings (SSSR count). The fourth-order valence-electron chi connectivity index (χ4n) is 2.28. The summed E-state index contributed by atoms with van der Waals surface area (Å²) in [5.41, 5.74) is 1.21. The Kier molecular flexibility index (Phi) is 4.12. The lowest BCUT2D eigenvalue weighted by molar-refractivity contribution is -0.134. The first kappa shape index (κ1) is 14.4. The summed E-state index contributed by atoms with van der Waals surface area (Å²) in [5.74, 6) is -0.202. The molecule has 0 spiro atoms. The minimum Gasteiger partial charge on any atom is -0.482 e. The van der Waals surface area contributed by atoms with Crippen LogP contribution in [-0.2, 0) is 17.8 Å². The van der Waals surface area contributed by atoms with Crippen LogP contribution in [0, 0.1) is 5.82 Å². The summed E-state index contributed by atoms with van der Waals surface area (Å²) in [6.07, 6.45) is 0.885. The molecular weight excluding hydrogens is 313 g/mol. The second-order valence-corrected chi connectivity index (χ2v) is 6.21. The molecular formula is C15H13ClFNO2S. The Labute approximate surface area is 130 Å². The number of halogens is 2. The molecule has 0 unspecified atom stereocenters. The molecule has 3 nitrogen and oxygen atoms in total. The highest BCUT2D eigenvalue weighted by Gasteiger charge is 2.21. The molecule has 0 N–H and O–H groups in total. The highest BCUT2D eigenvalue weighted by molar-refractivity contribution is 7.10. The molecule has 1 aliphatic rings. The Morgan fingerprint density at radius 3 is 3.10 bits per heavy atom. The van der Waals surface area contributed by atoms with E-state index in [1.807, 2.05) is 5.38 Å². The van der Waals surface area contributed by atoms with Crippen molar-refractivity contribution in [1.29, 1.82) is 0 Å². The van der Waals surface area contributed by atoms with Gasteiger partial charge in [0.15, 0.2) is 6.61 Å². The first-order valence-electron chi connectivity index (χ1n) is 6.54. The lowest BCUT2D eigenvalue weighted by Crippen LogP contribution is -2.38. The first-order valence-corrected chi connectivity index (χ1v) is 7.80. The highest BCUT2D eigenvalue weighted by Crippen LogP contribution is 2.26. The number of nitrogens with zero attached hydrogens (tertiary/aromatic N) is 1. The Balaban J connectivity index is 1.60. The smallest absolute Gasteiger partial charge is 0.260 e. The van der Waals surface area contributed by atoms with Crippen LogP contribution in [0.4, 0.5) is 4.39 Å². The SMILES string of the molecule is O=C(COc1ccc(F)cc1Cl)N1CCc2sccc2C1. The zero-order chi connectivity index (χ0) is 14.8. The van der Waals surface area contributed by atoms with Gasteiger partial charge in [0, 0.05) is 18.0 Å². The van der Waals surface area contributed by atoms with E-state index in [-0.39, 0.29) is 17.5 Å². The predicted octanol–water partition coefficient (Wildman–Crippen LogP) is 3.50. The zero-order valence-electron chi connectivity index (χ0n) is 11.1. The Hall–Kier alpha value is -1.59. The number of thiophene rings is 1. The molecule has 1 aromatic carbocycles. The molecule has 1 aromatic heterocycles. The van der Waals surface area contributed by atoms with Crippen molar-refractivity contribution in [2.45, 2.75) is 13.0 Å². The molecule has 0 bridgehead atoms. The molecule has 0 atom stereocenters. The fourth-order valence-corrected chi connectivity index (χ4v) is 3.40. The maximum Gasteiger partial charge on any atom is 0.260 e. The first-order chi connectivity index (χ1) is 10.1. The van der Waals surface area contributed by atoms with Crippen LogP contribution in [0.2, 0.25) is 5.02 Å². The van der Waals surface area contributed by atoms with Crippen molar-refractivity contribution in [3.8, 4) is 5.75 Å². The van der Waals surface area contributed by atoms with Crippen LogP contribution in [-0.4, -0.2) is 24.0 Å². The molecule has 0 fully saturated rings. The summed E-state index contributed by atoms with van der Waals surface area (Å²) < 4.78 is 18.3. The molecule has 0 saturated carbocycles. The number of carbonyl (C=O) groups excluding carboxylic acids is 1. The lowest BCUT2D eigenvalue weighted by Gasteiger charge is -2.27. The van der Waals surface area contributed by atoms with Crippen LogP contribution in [0.3, 0.4) is 0 Å². The van der Waals surface area contributed by atoms with Crippen molar-refractivity contribution < 1.29 is 13.9 Å². The third-order valence-corrected chi connectivity index (χ3v) is 4.72. The van der Waals surface area contributed by atoms with Crippen molar-refractivity contribution in [2.75, 3.05) is 13.2 Å². The summed E-state index contributed by atoms with van der Waals surface area (Å²) in [5, 5.41) is 2.22. The molecule has 1 aliphatic heterocycles. The molecule has 21 heavy (non-hydrogen) atoms. The van der Waals surface area contributed by atoms with Crippen LogP contribution in [0.1, 0.15) is 10.4 Å². The Morgan fingerprint density at radius 2 is 2.29 bits per heavy atom. The number of carbonyl (C=O) groups is 1. The van der Waals surface area contributed by atoms with E-state index in [9.17, 15) is 9.18 Å². The summed E-state index contributed by atoms with van der Waals surface area (Å²) in [6, 6.07) is 5.90. The third-order valence-electron chi connectivity index (χ3n) is 3.41. The molecule has 2 aromatic rings. The van der Waals surface area contributed by atoms with Gasteiger partial charge >= 0.3 is 0 Å². The maximum atomic E-state index is 12.9. The summed E-state index contributed by atoms with van der Waals surface area (Å²) in [4.78, 5) is 15.3. The minimum atomic E-state index is -0.431. The van der Waals surface area contributed by atoms with Gasteiger partial charge in [-0.2, -0.15) is 0 Å². The van der Waals surface area contributed by atoms with Crippen molar-refractivity contribution in [3.63, 3.8) is 0 Å².